The van der Waals surface area contributed by atoms with E-state index in [1.54, 1.807) is 0 Å². The van der Waals surface area contributed by atoms with Gasteiger partial charge in [-0.25, -0.2) is 9.59 Å². The van der Waals surface area contributed by atoms with Crippen LogP contribution >= 0.6 is 0 Å². The van der Waals surface area contributed by atoms with Crippen LogP contribution in [0.5, 0.6) is 0 Å². The topological polar surface area (TPSA) is 116 Å². The monoisotopic (exact) mass is 244 g/mol. The highest BCUT2D eigenvalue weighted by atomic mass is 32.2. The van der Waals surface area contributed by atoms with E-state index in [2.05, 4.69) is 4.84 Å². The molecule has 0 aliphatic carbocycles. The van der Waals surface area contributed by atoms with Crippen molar-refractivity contribution in [1.82, 2.24) is 4.89 Å². The lowest BCUT2D eigenvalue weighted by Crippen LogP contribution is -2.23. The first-order valence-corrected chi connectivity index (χ1v) is 4.98. The van der Waals surface area contributed by atoms with Gasteiger partial charge >= 0.3 is 11.9 Å². The zero-order valence-electron chi connectivity index (χ0n) is 7.71. The molecule has 7 nitrogen and oxygen atoms in total. The molecule has 0 fully saturated rings. The smallest absolute Gasteiger partial charge is 0.358 e. The zero-order chi connectivity index (χ0) is 12.1. The van der Waals surface area contributed by atoms with Crippen molar-refractivity contribution in [2.24, 2.45) is 0 Å². The maximum absolute atomic E-state index is 11.3. The van der Waals surface area contributed by atoms with E-state index in [0.717, 1.165) is 0 Å². The van der Waals surface area contributed by atoms with Gasteiger partial charge in [-0.2, -0.15) is 0 Å². The standard InChI is InChI=1S/C8H7NO6S/c10-7(11)5-3-1-2-4-6(5)8(12)15-9-16(13)14/h1-4,9H,(H,10,11)(H,13,14)/p-1. The summed E-state index contributed by atoms with van der Waals surface area (Å²) in [6.45, 7) is 0. The highest BCUT2D eigenvalue weighted by molar-refractivity contribution is 7.76. The molecule has 0 saturated heterocycles. The number of carbonyl (C=O) groups is 2. The van der Waals surface area contributed by atoms with Crippen molar-refractivity contribution >= 4 is 23.2 Å². The molecule has 0 spiro atoms. The second-order valence-corrected chi connectivity index (χ2v) is 3.19. The maximum Gasteiger partial charge on any atom is 0.358 e. The predicted molar refractivity (Wildman–Crippen MR) is 50.9 cm³/mol. The Morgan fingerprint density at radius 2 is 1.88 bits per heavy atom. The molecule has 0 heterocycles. The summed E-state index contributed by atoms with van der Waals surface area (Å²) in [6, 6.07) is 5.27. The molecule has 0 aliphatic heterocycles. The van der Waals surface area contributed by atoms with Crippen LogP contribution in [0, 0.1) is 0 Å². The molecule has 8 heteroatoms. The quantitative estimate of drug-likeness (QED) is 0.561. The summed E-state index contributed by atoms with van der Waals surface area (Å²) in [6.07, 6.45) is 0. The molecule has 0 radical (unpaired) electrons. The summed E-state index contributed by atoms with van der Waals surface area (Å²) < 4.78 is 20.1. The average molecular weight is 244 g/mol. The predicted octanol–water partition coefficient (Wildman–Crippen LogP) is -0.160. The third-order valence-corrected chi connectivity index (χ3v) is 1.80. The number of nitrogens with one attached hydrogen (secondary N) is 1. The van der Waals surface area contributed by atoms with Gasteiger partial charge in [0.2, 0.25) is 0 Å². The van der Waals surface area contributed by atoms with E-state index in [-0.39, 0.29) is 11.1 Å². The van der Waals surface area contributed by atoms with Crippen LogP contribution in [-0.4, -0.2) is 25.8 Å². The van der Waals surface area contributed by atoms with E-state index < -0.39 is 23.2 Å². The number of hydrogen-bond donors (Lipinski definition) is 2. The minimum atomic E-state index is -2.77. The lowest BCUT2D eigenvalue weighted by Gasteiger charge is -2.08. The average Bonchev–Trinajstić information content (AvgIpc) is 2.25. The molecule has 86 valence electrons. The molecule has 0 aliphatic rings. The molecule has 16 heavy (non-hydrogen) atoms. The number of benzene rings is 1. The van der Waals surface area contributed by atoms with Gasteiger partial charge in [-0.1, -0.05) is 17.0 Å². The highest BCUT2D eigenvalue weighted by Gasteiger charge is 2.16. The molecule has 2 N–H and O–H groups in total. The SMILES string of the molecule is O=C(O)c1ccccc1C(=O)ONS(=O)[O-]. The van der Waals surface area contributed by atoms with Gasteiger partial charge in [0.15, 0.2) is 0 Å². The molecule has 0 aromatic heterocycles. The highest BCUT2D eigenvalue weighted by Crippen LogP contribution is 2.09. The summed E-state index contributed by atoms with van der Waals surface area (Å²) in [7, 11) is 0. The summed E-state index contributed by atoms with van der Waals surface area (Å²) in [5.74, 6) is -2.40. The third-order valence-electron chi connectivity index (χ3n) is 1.58. The maximum atomic E-state index is 11.3. The fourth-order valence-corrected chi connectivity index (χ4v) is 1.12. The molecule has 0 bridgehead atoms. The molecule has 1 aromatic carbocycles. The van der Waals surface area contributed by atoms with Crippen molar-refractivity contribution in [3.63, 3.8) is 0 Å². The van der Waals surface area contributed by atoms with Crippen LogP contribution in [0.3, 0.4) is 0 Å². The number of carboxylic acids is 1. The Hall–Kier alpha value is -1.77. The number of carbonyl (C=O) groups excluding carboxylic acids is 1. The number of aromatic carboxylic acids is 1. The normalized spacial score (nSPS) is 11.8. The minimum absolute atomic E-state index is 0.243. The first-order chi connectivity index (χ1) is 7.52. The van der Waals surface area contributed by atoms with Crippen LogP contribution in [0.1, 0.15) is 20.7 Å². The van der Waals surface area contributed by atoms with E-state index >= 15 is 0 Å². The van der Waals surface area contributed by atoms with Crippen LogP contribution in [-0.2, 0) is 16.1 Å². The number of carboxylic acid groups (broad SMARTS) is 1. The summed E-state index contributed by atoms with van der Waals surface area (Å²) in [5.41, 5.74) is -0.515. The van der Waals surface area contributed by atoms with Gasteiger partial charge in [0, 0.05) is 0 Å². The van der Waals surface area contributed by atoms with Gasteiger partial charge in [0.05, 0.1) is 22.4 Å². The molecule has 0 saturated carbocycles. The summed E-state index contributed by atoms with van der Waals surface area (Å²) in [5, 5.41) is 8.74. The molecule has 1 aromatic rings. The van der Waals surface area contributed by atoms with E-state index in [0.29, 0.717) is 0 Å². The molecule has 1 rings (SSSR count). The summed E-state index contributed by atoms with van der Waals surface area (Å²) in [4.78, 5) is 27.5. The van der Waals surface area contributed by atoms with E-state index in [1.165, 1.54) is 29.2 Å². The zero-order valence-corrected chi connectivity index (χ0v) is 8.52. The van der Waals surface area contributed by atoms with Crippen molar-refractivity contribution in [1.29, 1.82) is 0 Å². The first kappa shape index (κ1) is 12.3. The second-order valence-electron chi connectivity index (χ2n) is 2.56. The molecular formula is C8H6NO6S-. The van der Waals surface area contributed by atoms with Gasteiger partial charge in [-0.3, -0.25) is 4.21 Å². The van der Waals surface area contributed by atoms with Crippen LogP contribution in [0.15, 0.2) is 24.3 Å². The van der Waals surface area contributed by atoms with Crippen molar-refractivity contribution in [3.05, 3.63) is 35.4 Å². The summed E-state index contributed by atoms with van der Waals surface area (Å²) >= 11 is -2.77. The van der Waals surface area contributed by atoms with Crippen LogP contribution in [0.2, 0.25) is 0 Å². The van der Waals surface area contributed by atoms with E-state index in [4.69, 9.17) is 5.11 Å². The fraction of sp³-hybridized carbons (Fsp3) is 0. The number of hydrogen-bond acceptors (Lipinski definition) is 5. The third kappa shape index (κ3) is 3.12. The van der Waals surface area contributed by atoms with Gasteiger partial charge in [-0.05, 0) is 12.1 Å². The van der Waals surface area contributed by atoms with Crippen molar-refractivity contribution < 1.29 is 28.3 Å². The largest absolute Gasteiger partial charge is 0.758 e. The minimum Gasteiger partial charge on any atom is -0.758 e. The van der Waals surface area contributed by atoms with Crippen LogP contribution < -0.4 is 4.89 Å². The van der Waals surface area contributed by atoms with Gasteiger partial charge in [0.25, 0.3) is 0 Å². The Labute approximate surface area is 92.4 Å². The Morgan fingerprint density at radius 3 is 2.38 bits per heavy atom. The lowest BCUT2D eigenvalue weighted by atomic mass is 10.1. The fourth-order valence-electron chi connectivity index (χ4n) is 0.974. The second kappa shape index (κ2) is 5.35. The Morgan fingerprint density at radius 1 is 1.31 bits per heavy atom. The number of rotatable bonds is 4. The first-order valence-electron chi connectivity index (χ1n) is 3.90. The van der Waals surface area contributed by atoms with Crippen LogP contribution in [0.25, 0.3) is 0 Å². The van der Waals surface area contributed by atoms with Gasteiger partial charge in [0.1, 0.15) is 0 Å². The van der Waals surface area contributed by atoms with Gasteiger partial charge in [-0.15, -0.1) is 0 Å². The Kier molecular flexibility index (Phi) is 4.11. The van der Waals surface area contributed by atoms with E-state index in [1.807, 2.05) is 0 Å². The molecular weight excluding hydrogens is 238 g/mol. The van der Waals surface area contributed by atoms with Crippen molar-refractivity contribution in [2.45, 2.75) is 0 Å². The molecule has 1 atom stereocenters. The van der Waals surface area contributed by atoms with Crippen molar-refractivity contribution in [2.75, 3.05) is 0 Å². The van der Waals surface area contributed by atoms with E-state index in [9.17, 15) is 18.4 Å². The van der Waals surface area contributed by atoms with Crippen LogP contribution in [0.4, 0.5) is 0 Å². The molecule has 1 unspecified atom stereocenters. The Bertz CT molecular complexity index is 446. The Balaban J connectivity index is 2.90. The van der Waals surface area contributed by atoms with Crippen molar-refractivity contribution in [3.8, 4) is 0 Å². The molecule has 0 amide bonds. The van der Waals surface area contributed by atoms with Gasteiger partial charge < -0.3 is 14.5 Å². The lowest BCUT2D eigenvalue weighted by molar-refractivity contribution is 0.0397.